The van der Waals surface area contributed by atoms with E-state index in [9.17, 15) is 0 Å². The van der Waals surface area contributed by atoms with Crippen LogP contribution in [-0.4, -0.2) is 14.5 Å². The van der Waals surface area contributed by atoms with E-state index in [1.807, 2.05) is 48.9 Å². The molecule has 4 heteroatoms. The van der Waals surface area contributed by atoms with Gasteiger partial charge in [-0.15, -0.1) is 0 Å². The number of aromatic nitrogens is 3. The van der Waals surface area contributed by atoms with Crippen molar-refractivity contribution in [1.29, 1.82) is 0 Å². The average molecular weight is 314 g/mol. The number of hydrogen-bond donors (Lipinski definition) is 0. The number of halogens is 1. The van der Waals surface area contributed by atoms with Crippen molar-refractivity contribution in [3.05, 3.63) is 71.2 Å². The standard InChI is InChI=1S/C15H12BrN3/c16-13-6-7-14(18-10-13)11-19-9-8-17-15(19)12-4-2-1-3-5-12/h1-10H,11H2. The molecule has 0 aliphatic heterocycles. The smallest absolute Gasteiger partial charge is 0.140 e. The Hall–Kier alpha value is -1.94. The topological polar surface area (TPSA) is 30.7 Å². The molecule has 0 atom stereocenters. The van der Waals surface area contributed by atoms with Crippen LogP contribution in [0.3, 0.4) is 0 Å². The zero-order valence-electron chi connectivity index (χ0n) is 10.2. The maximum atomic E-state index is 4.43. The molecule has 3 nitrogen and oxygen atoms in total. The first-order chi connectivity index (χ1) is 9.33. The van der Waals surface area contributed by atoms with Gasteiger partial charge in [0.2, 0.25) is 0 Å². The summed E-state index contributed by atoms with van der Waals surface area (Å²) in [6, 6.07) is 14.2. The summed E-state index contributed by atoms with van der Waals surface area (Å²) in [7, 11) is 0. The van der Waals surface area contributed by atoms with Crippen molar-refractivity contribution < 1.29 is 0 Å². The molecule has 0 aliphatic rings. The molecule has 0 saturated heterocycles. The molecular formula is C15H12BrN3. The van der Waals surface area contributed by atoms with E-state index in [0.29, 0.717) is 0 Å². The largest absolute Gasteiger partial charge is 0.325 e. The van der Waals surface area contributed by atoms with E-state index < -0.39 is 0 Å². The van der Waals surface area contributed by atoms with E-state index in [-0.39, 0.29) is 0 Å². The van der Waals surface area contributed by atoms with Crippen LogP contribution in [0.1, 0.15) is 5.69 Å². The first kappa shape index (κ1) is 12.1. The van der Waals surface area contributed by atoms with Gasteiger partial charge in [0, 0.05) is 28.6 Å². The monoisotopic (exact) mass is 313 g/mol. The lowest BCUT2D eigenvalue weighted by atomic mass is 10.2. The Bertz CT molecular complexity index is 659. The van der Waals surface area contributed by atoms with Crippen LogP contribution in [0.2, 0.25) is 0 Å². The lowest BCUT2D eigenvalue weighted by Crippen LogP contribution is -2.02. The number of nitrogens with zero attached hydrogens (tertiary/aromatic N) is 3. The molecule has 0 radical (unpaired) electrons. The normalized spacial score (nSPS) is 10.6. The van der Waals surface area contributed by atoms with E-state index in [1.54, 1.807) is 0 Å². The van der Waals surface area contributed by atoms with Gasteiger partial charge in [-0.25, -0.2) is 4.98 Å². The zero-order valence-corrected chi connectivity index (χ0v) is 11.8. The van der Waals surface area contributed by atoms with Crippen molar-refractivity contribution in [2.24, 2.45) is 0 Å². The van der Waals surface area contributed by atoms with Gasteiger partial charge in [0.05, 0.1) is 12.2 Å². The molecule has 0 spiro atoms. The SMILES string of the molecule is Brc1ccc(Cn2ccnc2-c2ccccc2)nc1. The van der Waals surface area contributed by atoms with Crippen molar-refractivity contribution >= 4 is 15.9 Å². The molecular weight excluding hydrogens is 302 g/mol. The molecule has 0 unspecified atom stereocenters. The Labute approximate surface area is 120 Å². The van der Waals surface area contributed by atoms with Gasteiger partial charge < -0.3 is 4.57 Å². The summed E-state index contributed by atoms with van der Waals surface area (Å²) >= 11 is 3.39. The number of pyridine rings is 1. The van der Waals surface area contributed by atoms with E-state index in [1.165, 1.54) is 0 Å². The van der Waals surface area contributed by atoms with Gasteiger partial charge in [-0.2, -0.15) is 0 Å². The molecule has 0 bridgehead atoms. The van der Waals surface area contributed by atoms with Gasteiger partial charge in [-0.1, -0.05) is 30.3 Å². The highest BCUT2D eigenvalue weighted by atomic mass is 79.9. The summed E-state index contributed by atoms with van der Waals surface area (Å²) in [5.74, 6) is 0.963. The third-order valence-corrected chi connectivity index (χ3v) is 3.34. The van der Waals surface area contributed by atoms with E-state index in [2.05, 4.69) is 42.6 Å². The molecule has 2 heterocycles. The highest BCUT2D eigenvalue weighted by Gasteiger charge is 2.06. The van der Waals surface area contributed by atoms with Crippen LogP contribution in [0.25, 0.3) is 11.4 Å². The summed E-state index contributed by atoms with van der Waals surface area (Å²) < 4.78 is 3.09. The molecule has 1 aromatic carbocycles. The third kappa shape index (κ3) is 2.74. The lowest BCUT2D eigenvalue weighted by Gasteiger charge is -2.07. The minimum atomic E-state index is 0.720. The van der Waals surface area contributed by atoms with Gasteiger partial charge in [-0.3, -0.25) is 4.98 Å². The van der Waals surface area contributed by atoms with Crippen LogP contribution in [0, 0.1) is 0 Å². The molecule has 0 saturated carbocycles. The minimum Gasteiger partial charge on any atom is -0.325 e. The number of benzene rings is 1. The number of rotatable bonds is 3. The van der Waals surface area contributed by atoms with Crippen molar-refractivity contribution in [2.45, 2.75) is 6.54 Å². The maximum Gasteiger partial charge on any atom is 0.140 e. The summed E-state index contributed by atoms with van der Waals surface area (Å²) in [6.45, 7) is 0.720. The second-order valence-electron chi connectivity index (χ2n) is 4.21. The molecule has 94 valence electrons. The highest BCUT2D eigenvalue weighted by Crippen LogP contribution is 2.18. The molecule has 0 amide bonds. The maximum absolute atomic E-state index is 4.43. The van der Waals surface area contributed by atoms with Crippen molar-refractivity contribution in [1.82, 2.24) is 14.5 Å². The Kier molecular flexibility index (Phi) is 3.42. The fraction of sp³-hybridized carbons (Fsp3) is 0.0667. The highest BCUT2D eigenvalue weighted by molar-refractivity contribution is 9.10. The van der Waals surface area contributed by atoms with Crippen LogP contribution in [-0.2, 0) is 6.54 Å². The zero-order chi connectivity index (χ0) is 13.1. The molecule has 0 fully saturated rings. The molecule has 3 aromatic rings. The van der Waals surface area contributed by atoms with Crippen LogP contribution < -0.4 is 0 Å². The van der Waals surface area contributed by atoms with Gasteiger partial charge >= 0.3 is 0 Å². The van der Waals surface area contributed by atoms with Crippen LogP contribution >= 0.6 is 15.9 Å². The van der Waals surface area contributed by atoms with E-state index in [0.717, 1.165) is 28.1 Å². The van der Waals surface area contributed by atoms with Gasteiger partial charge in [0.15, 0.2) is 0 Å². The Morgan fingerprint density at radius 2 is 1.84 bits per heavy atom. The molecule has 19 heavy (non-hydrogen) atoms. The first-order valence-electron chi connectivity index (χ1n) is 6.00. The average Bonchev–Trinajstić information content (AvgIpc) is 2.90. The third-order valence-electron chi connectivity index (χ3n) is 2.87. The van der Waals surface area contributed by atoms with Gasteiger partial charge in [0.25, 0.3) is 0 Å². The number of hydrogen-bond acceptors (Lipinski definition) is 2. The van der Waals surface area contributed by atoms with Crippen molar-refractivity contribution in [3.8, 4) is 11.4 Å². The van der Waals surface area contributed by atoms with E-state index in [4.69, 9.17) is 0 Å². The summed E-state index contributed by atoms with van der Waals surface area (Å²) in [4.78, 5) is 8.82. The fourth-order valence-electron chi connectivity index (χ4n) is 1.96. The first-order valence-corrected chi connectivity index (χ1v) is 6.79. The molecule has 2 aromatic heterocycles. The van der Waals surface area contributed by atoms with Crippen molar-refractivity contribution in [2.75, 3.05) is 0 Å². The lowest BCUT2D eigenvalue weighted by molar-refractivity contribution is 0.781. The van der Waals surface area contributed by atoms with Crippen LogP contribution in [0.15, 0.2) is 65.5 Å². The van der Waals surface area contributed by atoms with Gasteiger partial charge in [0.1, 0.15) is 5.82 Å². The Morgan fingerprint density at radius 3 is 2.58 bits per heavy atom. The predicted octanol–water partition coefficient (Wildman–Crippen LogP) is 3.76. The quantitative estimate of drug-likeness (QED) is 0.737. The Balaban J connectivity index is 1.91. The molecule has 0 aliphatic carbocycles. The van der Waals surface area contributed by atoms with Gasteiger partial charge in [-0.05, 0) is 28.1 Å². The predicted molar refractivity (Wildman–Crippen MR) is 78.7 cm³/mol. The molecule has 3 rings (SSSR count). The summed E-state index contributed by atoms with van der Waals surface area (Å²) in [6.07, 6.45) is 5.61. The second kappa shape index (κ2) is 5.36. The summed E-state index contributed by atoms with van der Waals surface area (Å²) in [5, 5.41) is 0. The van der Waals surface area contributed by atoms with Crippen molar-refractivity contribution in [3.63, 3.8) is 0 Å². The minimum absolute atomic E-state index is 0.720. The Morgan fingerprint density at radius 1 is 1.00 bits per heavy atom. The second-order valence-corrected chi connectivity index (χ2v) is 5.13. The molecule has 0 N–H and O–H groups in total. The van der Waals surface area contributed by atoms with Crippen LogP contribution in [0.5, 0.6) is 0 Å². The summed E-state index contributed by atoms with van der Waals surface area (Å²) in [5.41, 5.74) is 2.13. The number of imidazole rings is 1. The van der Waals surface area contributed by atoms with E-state index >= 15 is 0 Å². The fourth-order valence-corrected chi connectivity index (χ4v) is 2.19. The van der Waals surface area contributed by atoms with Crippen LogP contribution in [0.4, 0.5) is 0 Å².